The van der Waals surface area contributed by atoms with Crippen LogP contribution in [0.3, 0.4) is 0 Å². The van der Waals surface area contributed by atoms with Gasteiger partial charge in [-0.2, -0.15) is 4.31 Å². The van der Waals surface area contributed by atoms with Gasteiger partial charge in [0.25, 0.3) is 0 Å². The number of nitrogens with zero attached hydrogens (tertiary/aromatic N) is 2. The summed E-state index contributed by atoms with van der Waals surface area (Å²) >= 11 is 0. The summed E-state index contributed by atoms with van der Waals surface area (Å²) in [5, 5.41) is 0. The van der Waals surface area contributed by atoms with Crippen molar-refractivity contribution < 1.29 is 13.2 Å². The summed E-state index contributed by atoms with van der Waals surface area (Å²) in [5.74, 6) is 0.512. The fourth-order valence-corrected chi connectivity index (χ4v) is 5.60. The molecule has 1 saturated carbocycles. The molecule has 0 radical (unpaired) electrons. The minimum Gasteiger partial charge on any atom is -0.344 e. The van der Waals surface area contributed by atoms with E-state index >= 15 is 0 Å². The van der Waals surface area contributed by atoms with Crippen LogP contribution in [-0.2, 0) is 14.8 Å². The van der Waals surface area contributed by atoms with E-state index in [4.69, 9.17) is 0 Å². The van der Waals surface area contributed by atoms with Crippen LogP contribution in [0, 0.1) is 5.92 Å². The van der Waals surface area contributed by atoms with Gasteiger partial charge in [0.15, 0.2) is 0 Å². The monoisotopic (exact) mass is 350 g/mol. The molecule has 6 heteroatoms. The standard InChI is InChI=1S/C18H26N2O3S/c1-19(14-15-8-5-6-9-15)18(21)17-12-7-13-20(17)24(22,23)16-10-3-2-4-11-16/h2-4,10-11,15,17H,5-9,12-14H2,1H3. The summed E-state index contributed by atoms with van der Waals surface area (Å²) in [7, 11) is -1.80. The number of amides is 1. The molecule has 2 aliphatic rings. The molecule has 132 valence electrons. The van der Waals surface area contributed by atoms with E-state index in [-0.39, 0.29) is 10.8 Å². The average molecular weight is 350 g/mol. The third-order valence-electron chi connectivity index (χ3n) is 5.22. The van der Waals surface area contributed by atoms with Crippen LogP contribution in [0.25, 0.3) is 0 Å². The van der Waals surface area contributed by atoms with Crippen molar-refractivity contribution in [3.8, 4) is 0 Å². The Hall–Kier alpha value is -1.40. The second-order valence-corrected chi connectivity index (χ2v) is 8.85. The van der Waals surface area contributed by atoms with Crippen LogP contribution in [0.2, 0.25) is 0 Å². The normalized spacial score (nSPS) is 22.8. The van der Waals surface area contributed by atoms with E-state index in [0.29, 0.717) is 18.9 Å². The number of benzene rings is 1. The maximum absolute atomic E-state index is 12.9. The van der Waals surface area contributed by atoms with E-state index in [0.717, 1.165) is 13.0 Å². The van der Waals surface area contributed by atoms with E-state index in [9.17, 15) is 13.2 Å². The molecule has 0 spiro atoms. The molecule has 1 atom stereocenters. The summed E-state index contributed by atoms with van der Waals surface area (Å²) in [6, 6.07) is 7.86. The van der Waals surface area contributed by atoms with Crippen LogP contribution in [0.4, 0.5) is 0 Å². The molecule has 3 rings (SSSR count). The molecular weight excluding hydrogens is 324 g/mol. The summed E-state index contributed by atoms with van der Waals surface area (Å²) in [6.07, 6.45) is 6.18. The third kappa shape index (κ3) is 3.49. The van der Waals surface area contributed by atoms with Crippen LogP contribution in [-0.4, -0.2) is 49.7 Å². The Balaban J connectivity index is 1.73. The Kier molecular flexibility index (Phi) is 5.25. The fourth-order valence-electron chi connectivity index (χ4n) is 3.93. The molecule has 1 aliphatic carbocycles. The third-order valence-corrected chi connectivity index (χ3v) is 7.14. The molecule has 1 heterocycles. The number of hydrogen-bond acceptors (Lipinski definition) is 3. The van der Waals surface area contributed by atoms with Gasteiger partial charge in [0, 0.05) is 20.1 Å². The summed E-state index contributed by atoms with van der Waals surface area (Å²) < 4.78 is 27.1. The minimum atomic E-state index is -3.61. The van der Waals surface area contributed by atoms with Crippen LogP contribution in [0.1, 0.15) is 38.5 Å². The predicted molar refractivity (Wildman–Crippen MR) is 93.0 cm³/mol. The first-order valence-electron chi connectivity index (χ1n) is 8.82. The number of carbonyl (C=O) groups is 1. The van der Waals surface area contributed by atoms with Crippen molar-refractivity contribution in [3.05, 3.63) is 30.3 Å². The van der Waals surface area contributed by atoms with E-state index < -0.39 is 16.1 Å². The lowest BCUT2D eigenvalue weighted by atomic mass is 10.1. The molecule has 1 aromatic rings. The fraction of sp³-hybridized carbons (Fsp3) is 0.611. The number of carbonyl (C=O) groups excluding carboxylic acids is 1. The Labute approximate surface area is 144 Å². The van der Waals surface area contributed by atoms with E-state index in [1.807, 2.05) is 7.05 Å². The average Bonchev–Trinajstić information content (AvgIpc) is 3.26. The van der Waals surface area contributed by atoms with Gasteiger partial charge in [-0.25, -0.2) is 8.42 Å². The SMILES string of the molecule is CN(CC1CCCC1)C(=O)C1CCCN1S(=O)(=O)c1ccccc1. The van der Waals surface area contributed by atoms with Gasteiger partial charge in [-0.1, -0.05) is 31.0 Å². The minimum absolute atomic E-state index is 0.0566. The van der Waals surface area contributed by atoms with Gasteiger partial charge in [0.2, 0.25) is 15.9 Å². The Morgan fingerprint density at radius 3 is 2.46 bits per heavy atom. The highest BCUT2D eigenvalue weighted by Gasteiger charge is 2.40. The van der Waals surface area contributed by atoms with Gasteiger partial charge in [0.05, 0.1) is 4.90 Å². The van der Waals surface area contributed by atoms with Crippen LogP contribution in [0.5, 0.6) is 0 Å². The van der Waals surface area contributed by atoms with E-state index in [1.165, 1.54) is 30.0 Å². The molecule has 1 amide bonds. The van der Waals surface area contributed by atoms with Crippen molar-refractivity contribution in [1.29, 1.82) is 0 Å². The highest BCUT2D eigenvalue weighted by molar-refractivity contribution is 7.89. The number of sulfonamides is 1. The highest BCUT2D eigenvalue weighted by atomic mass is 32.2. The van der Waals surface area contributed by atoms with Crippen LogP contribution in [0.15, 0.2) is 35.2 Å². The Morgan fingerprint density at radius 1 is 1.12 bits per heavy atom. The molecule has 1 aromatic carbocycles. The summed E-state index contributed by atoms with van der Waals surface area (Å²) in [4.78, 5) is 14.9. The first-order valence-corrected chi connectivity index (χ1v) is 10.3. The molecule has 0 N–H and O–H groups in total. The maximum atomic E-state index is 12.9. The quantitative estimate of drug-likeness (QED) is 0.820. The largest absolute Gasteiger partial charge is 0.344 e. The molecule has 1 aliphatic heterocycles. The van der Waals surface area contributed by atoms with Gasteiger partial charge in [-0.15, -0.1) is 0 Å². The number of rotatable bonds is 5. The van der Waals surface area contributed by atoms with Crippen molar-refractivity contribution in [2.75, 3.05) is 20.1 Å². The highest BCUT2D eigenvalue weighted by Crippen LogP contribution is 2.29. The summed E-state index contributed by atoms with van der Waals surface area (Å²) in [6.45, 7) is 1.17. The molecule has 2 fully saturated rings. The second-order valence-electron chi connectivity index (χ2n) is 6.96. The lowest BCUT2D eigenvalue weighted by molar-refractivity contribution is -0.133. The molecule has 24 heavy (non-hydrogen) atoms. The van der Waals surface area contributed by atoms with Crippen molar-refractivity contribution in [3.63, 3.8) is 0 Å². The van der Waals surface area contributed by atoms with Gasteiger partial charge in [0.1, 0.15) is 6.04 Å². The first-order chi connectivity index (χ1) is 11.5. The number of hydrogen-bond donors (Lipinski definition) is 0. The summed E-state index contributed by atoms with van der Waals surface area (Å²) in [5.41, 5.74) is 0. The number of likely N-dealkylation sites (N-methyl/N-ethyl adjacent to an activating group) is 1. The lowest BCUT2D eigenvalue weighted by Crippen LogP contribution is -2.47. The van der Waals surface area contributed by atoms with Crippen molar-refractivity contribution >= 4 is 15.9 Å². The van der Waals surface area contributed by atoms with Gasteiger partial charge in [-0.05, 0) is 43.7 Å². The maximum Gasteiger partial charge on any atom is 0.243 e. The predicted octanol–water partition coefficient (Wildman–Crippen LogP) is 2.49. The molecular formula is C18H26N2O3S. The van der Waals surface area contributed by atoms with E-state index in [2.05, 4.69) is 0 Å². The van der Waals surface area contributed by atoms with Crippen LogP contribution >= 0.6 is 0 Å². The van der Waals surface area contributed by atoms with Crippen LogP contribution < -0.4 is 0 Å². The molecule has 0 aromatic heterocycles. The zero-order valence-electron chi connectivity index (χ0n) is 14.2. The topological polar surface area (TPSA) is 57.7 Å². The Bertz CT molecular complexity index is 669. The lowest BCUT2D eigenvalue weighted by Gasteiger charge is -2.29. The Morgan fingerprint density at radius 2 is 1.79 bits per heavy atom. The van der Waals surface area contributed by atoms with Crippen molar-refractivity contribution in [2.45, 2.75) is 49.5 Å². The smallest absolute Gasteiger partial charge is 0.243 e. The van der Waals surface area contributed by atoms with Gasteiger partial charge in [-0.3, -0.25) is 4.79 Å². The zero-order chi connectivity index (χ0) is 17.2. The molecule has 1 unspecified atom stereocenters. The second kappa shape index (κ2) is 7.23. The van der Waals surface area contributed by atoms with E-state index in [1.54, 1.807) is 35.2 Å². The molecule has 5 nitrogen and oxygen atoms in total. The molecule has 1 saturated heterocycles. The first kappa shape index (κ1) is 17.4. The molecule has 0 bridgehead atoms. The van der Waals surface area contributed by atoms with Crippen molar-refractivity contribution in [2.24, 2.45) is 5.92 Å². The van der Waals surface area contributed by atoms with Crippen molar-refractivity contribution in [1.82, 2.24) is 9.21 Å². The zero-order valence-corrected chi connectivity index (χ0v) is 15.0. The van der Waals surface area contributed by atoms with Gasteiger partial charge < -0.3 is 4.90 Å². The van der Waals surface area contributed by atoms with Gasteiger partial charge >= 0.3 is 0 Å².